The van der Waals surface area contributed by atoms with Gasteiger partial charge < -0.3 is 9.80 Å². The molecule has 0 N–H and O–H groups in total. The average Bonchev–Trinajstić information content (AvgIpc) is 2.88. The predicted octanol–water partition coefficient (Wildman–Crippen LogP) is 5.86. The summed E-state index contributed by atoms with van der Waals surface area (Å²) in [5.41, 5.74) is 0.717. The molecule has 1 saturated heterocycles. The lowest BCUT2D eigenvalue weighted by Gasteiger charge is -2.37. The zero-order chi connectivity index (χ0) is 27.7. The maximum atomic E-state index is 13.6. The van der Waals surface area contributed by atoms with Crippen LogP contribution in [0.3, 0.4) is 0 Å². The zero-order valence-corrected chi connectivity index (χ0v) is 22.6. The Bertz CT molecular complexity index is 1430. The smallest absolute Gasteiger partial charge is 0.368 e. The number of alkyl halides is 3. The molecule has 3 aromatic rings. The molecular formula is C26H24Cl2F3N3O3S. The van der Waals surface area contributed by atoms with E-state index in [2.05, 4.69) is 0 Å². The third-order valence-electron chi connectivity index (χ3n) is 6.25. The number of hydrogen-bond acceptors (Lipinski definition) is 4. The van der Waals surface area contributed by atoms with Crippen molar-refractivity contribution in [2.75, 3.05) is 41.9 Å². The molecule has 1 aliphatic rings. The van der Waals surface area contributed by atoms with Crippen LogP contribution in [-0.4, -0.2) is 51.9 Å². The van der Waals surface area contributed by atoms with Crippen LogP contribution in [0.15, 0.2) is 71.6 Å². The average molecular weight is 586 g/mol. The lowest BCUT2D eigenvalue weighted by molar-refractivity contribution is -0.137. The van der Waals surface area contributed by atoms with Gasteiger partial charge in [0, 0.05) is 31.9 Å². The first-order valence-corrected chi connectivity index (χ1v) is 13.8. The standard InChI is InChI=1S/C26H24Cl2F3N3O3S/c1-18-5-8-22(9-6-18)38(36,37)34(21-7-10-23(27)24(28)16-21)17-25(35)33-13-11-32(12-14-33)20-4-2-3-19(15-20)26(29,30)31/h2-10,15-16H,11-14,17H2,1H3. The normalized spacial score (nSPS) is 14.5. The number of amides is 1. The summed E-state index contributed by atoms with van der Waals surface area (Å²) in [6, 6.07) is 15.6. The summed E-state index contributed by atoms with van der Waals surface area (Å²) in [6.45, 7) is 2.37. The number of carbonyl (C=O) groups excluding carboxylic acids is 1. The van der Waals surface area contributed by atoms with Crippen molar-refractivity contribution in [1.29, 1.82) is 0 Å². The van der Waals surface area contributed by atoms with Crippen LogP contribution >= 0.6 is 23.2 Å². The highest BCUT2D eigenvalue weighted by molar-refractivity contribution is 7.92. The Morgan fingerprint density at radius 1 is 0.921 bits per heavy atom. The molecule has 0 aromatic heterocycles. The molecule has 1 fully saturated rings. The Kier molecular flexibility index (Phi) is 8.15. The fourth-order valence-corrected chi connectivity index (χ4v) is 5.81. The second-order valence-electron chi connectivity index (χ2n) is 8.84. The monoisotopic (exact) mass is 585 g/mol. The molecule has 0 spiro atoms. The van der Waals surface area contributed by atoms with Crippen LogP contribution in [0.2, 0.25) is 10.0 Å². The molecule has 6 nitrogen and oxygen atoms in total. The quantitative estimate of drug-likeness (QED) is 0.363. The maximum Gasteiger partial charge on any atom is 0.416 e. The third-order valence-corrected chi connectivity index (χ3v) is 8.78. The number of carbonyl (C=O) groups is 1. The van der Waals surface area contributed by atoms with Crippen molar-refractivity contribution in [3.63, 3.8) is 0 Å². The van der Waals surface area contributed by atoms with E-state index in [4.69, 9.17) is 23.2 Å². The Morgan fingerprint density at radius 2 is 1.58 bits per heavy atom. The summed E-state index contributed by atoms with van der Waals surface area (Å²) >= 11 is 12.2. The zero-order valence-electron chi connectivity index (χ0n) is 20.3. The molecule has 1 aliphatic heterocycles. The van der Waals surface area contributed by atoms with Crippen molar-refractivity contribution in [1.82, 2.24) is 4.90 Å². The van der Waals surface area contributed by atoms with E-state index in [1.54, 1.807) is 23.1 Å². The molecule has 0 radical (unpaired) electrons. The number of aryl methyl sites for hydroxylation is 1. The van der Waals surface area contributed by atoms with Gasteiger partial charge in [-0.05, 0) is 55.5 Å². The highest BCUT2D eigenvalue weighted by Crippen LogP contribution is 2.33. The van der Waals surface area contributed by atoms with Crippen LogP contribution < -0.4 is 9.21 Å². The van der Waals surface area contributed by atoms with Crippen molar-refractivity contribution in [3.05, 3.63) is 87.9 Å². The van der Waals surface area contributed by atoms with Gasteiger partial charge in [0.1, 0.15) is 6.54 Å². The Balaban J connectivity index is 1.53. The van der Waals surface area contributed by atoms with E-state index in [0.29, 0.717) is 18.8 Å². The van der Waals surface area contributed by atoms with E-state index in [1.165, 1.54) is 41.3 Å². The first kappa shape index (κ1) is 28.1. The third kappa shape index (κ3) is 6.19. The largest absolute Gasteiger partial charge is 0.416 e. The lowest BCUT2D eigenvalue weighted by atomic mass is 10.1. The number of anilines is 2. The first-order chi connectivity index (χ1) is 17.9. The molecule has 1 amide bonds. The van der Waals surface area contributed by atoms with Gasteiger partial charge in [0.25, 0.3) is 10.0 Å². The molecule has 4 rings (SSSR count). The summed E-state index contributed by atoms with van der Waals surface area (Å²) in [7, 11) is -4.14. The lowest BCUT2D eigenvalue weighted by Crippen LogP contribution is -2.52. The van der Waals surface area contributed by atoms with E-state index < -0.39 is 34.2 Å². The van der Waals surface area contributed by atoms with E-state index in [9.17, 15) is 26.4 Å². The summed E-state index contributed by atoms with van der Waals surface area (Å²) < 4.78 is 67.5. The minimum absolute atomic E-state index is 0.0105. The SMILES string of the molecule is Cc1ccc(S(=O)(=O)N(CC(=O)N2CCN(c3cccc(C(F)(F)F)c3)CC2)c2ccc(Cl)c(Cl)c2)cc1. The molecular weight excluding hydrogens is 562 g/mol. The van der Waals surface area contributed by atoms with Gasteiger partial charge in [-0.3, -0.25) is 9.10 Å². The molecule has 0 atom stereocenters. The van der Waals surface area contributed by atoms with Crippen LogP contribution in [0.5, 0.6) is 0 Å². The van der Waals surface area contributed by atoms with Crippen molar-refractivity contribution >= 4 is 50.5 Å². The van der Waals surface area contributed by atoms with Gasteiger partial charge in [0.05, 0.1) is 26.2 Å². The van der Waals surface area contributed by atoms with Gasteiger partial charge in [0.2, 0.25) is 5.91 Å². The second kappa shape index (κ2) is 11.0. The summed E-state index contributed by atoms with van der Waals surface area (Å²) in [5, 5.41) is 0.371. The van der Waals surface area contributed by atoms with Gasteiger partial charge in [-0.25, -0.2) is 8.42 Å². The van der Waals surface area contributed by atoms with Crippen LogP contribution in [0.25, 0.3) is 0 Å². The number of sulfonamides is 1. The highest BCUT2D eigenvalue weighted by Gasteiger charge is 2.33. The molecule has 38 heavy (non-hydrogen) atoms. The number of benzene rings is 3. The maximum absolute atomic E-state index is 13.6. The van der Waals surface area contributed by atoms with Crippen LogP contribution in [0, 0.1) is 6.92 Å². The van der Waals surface area contributed by atoms with Crippen molar-refractivity contribution in [2.24, 2.45) is 0 Å². The fourth-order valence-electron chi connectivity index (χ4n) is 4.11. The van der Waals surface area contributed by atoms with E-state index in [0.717, 1.165) is 22.0 Å². The van der Waals surface area contributed by atoms with Gasteiger partial charge in [-0.1, -0.05) is 47.0 Å². The predicted molar refractivity (Wildman–Crippen MR) is 142 cm³/mol. The molecule has 1 heterocycles. The Labute approximate surface area is 229 Å². The summed E-state index contributed by atoms with van der Waals surface area (Å²) in [6.07, 6.45) is -4.45. The number of nitrogens with zero attached hydrogens (tertiary/aromatic N) is 3. The first-order valence-electron chi connectivity index (χ1n) is 11.6. The molecule has 3 aromatic carbocycles. The number of piperazine rings is 1. The molecule has 202 valence electrons. The molecule has 0 saturated carbocycles. The van der Waals surface area contributed by atoms with Crippen molar-refractivity contribution < 1.29 is 26.4 Å². The van der Waals surface area contributed by atoms with E-state index in [-0.39, 0.29) is 33.7 Å². The molecule has 0 bridgehead atoms. The number of halogens is 5. The highest BCUT2D eigenvalue weighted by atomic mass is 35.5. The van der Waals surface area contributed by atoms with Crippen LogP contribution in [-0.2, 0) is 21.0 Å². The van der Waals surface area contributed by atoms with Crippen LogP contribution in [0.1, 0.15) is 11.1 Å². The molecule has 0 unspecified atom stereocenters. The van der Waals surface area contributed by atoms with Gasteiger partial charge in [-0.15, -0.1) is 0 Å². The van der Waals surface area contributed by atoms with Gasteiger partial charge in [0.15, 0.2) is 0 Å². The van der Waals surface area contributed by atoms with Gasteiger partial charge in [-0.2, -0.15) is 13.2 Å². The van der Waals surface area contributed by atoms with Crippen molar-refractivity contribution in [2.45, 2.75) is 18.0 Å². The topological polar surface area (TPSA) is 60.9 Å². The fraction of sp³-hybridized carbons (Fsp3) is 0.269. The molecule has 12 heteroatoms. The summed E-state index contributed by atoms with van der Waals surface area (Å²) in [4.78, 5) is 16.6. The minimum Gasteiger partial charge on any atom is -0.368 e. The van der Waals surface area contributed by atoms with Crippen LogP contribution in [0.4, 0.5) is 24.5 Å². The summed E-state index contributed by atoms with van der Waals surface area (Å²) in [5.74, 6) is -0.449. The second-order valence-corrected chi connectivity index (χ2v) is 11.5. The van der Waals surface area contributed by atoms with E-state index in [1.807, 2.05) is 6.92 Å². The minimum atomic E-state index is -4.45. The van der Waals surface area contributed by atoms with E-state index >= 15 is 0 Å². The number of rotatable bonds is 6. The Morgan fingerprint density at radius 3 is 2.18 bits per heavy atom. The van der Waals surface area contributed by atoms with Crippen molar-refractivity contribution in [3.8, 4) is 0 Å². The molecule has 0 aliphatic carbocycles. The number of hydrogen-bond donors (Lipinski definition) is 0. The Hall–Kier alpha value is -2.95. The van der Waals surface area contributed by atoms with Gasteiger partial charge >= 0.3 is 6.18 Å².